The van der Waals surface area contributed by atoms with Crippen molar-refractivity contribution in [3.8, 4) is 0 Å². The van der Waals surface area contributed by atoms with E-state index in [1.807, 2.05) is 12.1 Å². The van der Waals surface area contributed by atoms with Gasteiger partial charge in [-0.05, 0) is 42.0 Å². The Bertz CT molecular complexity index is 330. The maximum absolute atomic E-state index is 6.11. The number of benzene rings is 1. The molecule has 1 aromatic carbocycles. The Morgan fingerprint density at radius 1 is 1.27 bits per heavy atom. The fourth-order valence-electron chi connectivity index (χ4n) is 1.41. The van der Waals surface area contributed by atoms with E-state index in [4.69, 9.17) is 34.8 Å². The van der Waals surface area contributed by atoms with E-state index in [2.05, 4.69) is 13.8 Å². The lowest BCUT2D eigenvalue weighted by molar-refractivity contribution is 0.356. The van der Waals surface area contributed by atoms with E-state index in [0.29, 0.717) is 5.88 Å². The first kappa shape index (κ1) is 13.2. The summed E-state index contributed by atoms with van der Waals surface area (Å²) in [4.78, 5) is 0. The van der Waals surface area contributed by atoms with Gasteiger partial charge in [-0.1, -0.05) is 37.0 Å². The molecule has 3 heteroatoms. The normalized spacial score (nSPS) is 15.0. The van der Waals surface area contributed by atoms with Crippen LogP contribution in [0.1, 0.15) is 25.8 Å². The molecule has 1 atom stereocenters. The zero-order valence-electron chi connectivity index (χ0n) is 8.99. The van der Waals surface area contributed by atoms with Crippen LogP contribution in [-0.4, -0.2) is 5.88 Å². The maximum Gasteiger partial charge on any atom is 0.0439 e. The molecule has 15 heavy (non-hydrogen) atoms. The highest BCUT2D eigenvalue weighted by molar-refractivity contribution is 6.33. The zero-order valence-corrected chi connectivity index (χ0v) is 11.3. The summed E-state index contributed by atoms with van der Waals surface area (Å²) in [6.45, 7) is 4.30. The van der Waals surface area contributed by atoms with E-state index in [1.54, 1.807) is 6.07 Å². The molecule has 0 aliphatic carbocycles. The monoisotopic (exact) mass is 264 g/mol. The largest absolute Gasteiger partial charge is 0.126 e. The molecule has 0 radical (unpaired) electrons. The van der Waals surface area contributed by atoms with Gasteiger partial charge in [0.15, 0.2) is 0 Å². The Morgan fingerprint density at radius 2 is 1.93 bits per heavy atom. The number of rotatable bonds is 4. The first-order valence-corrected chi connectivity index (χ1v) is 6.30. The highest BCUT2D eigenvalue weighted by Gasteiger charge is 2.22. The first-order chi connectivity index (χ1) is 7.00. The molecular formula is C12H15Cl3. The molecule has 0 nitrogen and oxygen atoms in total. The third kappa shape index (κ3) is 3.55. The Labute approximate surface area is 107 Å². The van der Waals surface area contributed by atoms with Crippen molar-refractivity contribution >= 4 is 34.8 Å². The number of hydrogen-bond donors (Lipinski definition) is 0. The van der Waals surface area contributed by atoms with Crippen LogP contribution in [0.15, 0.2) is 18.2 Å². The zero-order chi connectivity index (χ0) is 11.5. The van der Waals surface area contributed by atoms with Gasteiger partial charge >= 0.3 is 0 Å². The molecule has 0 fully saturated rings. The smallest absolute Gasteiger partial charge is 0.0439 e. The average Bonchev–Trinajstić information content (AvgIpc) is 2.23. The number of alkyl halides is 1. The van der Waals surface area contributed by atoms with Gasteiger partial charge in [-0.15, -0.1) is 11.6 Å². The quantitative estimate of drug-likeness (QED) is 0.657. The molecule has 0 heterocycles. The van der Waals surface area contributed by atoms with Crippen LogP contribution >= 0.6 is 34.8 Å². The van der Waals surface area contributed by atoms with Gasteiger partial charge < -0.3 is 0 Å². The van der Waals surface area contributed by atoms with Crippen molar-refractivity contribution in [2.75, 3.05) is 5.88 Å². The lowest BCUT2D eigenvalue weighted by Crippen LogP contribution is -2.20. The second-order valence-electron chi connectivity index (χ2n) is 4.21. The van der Waals surface area contributed by atoms with Gasteiger partial charge in [0.1, 0.15) is 0 Å². The minimum Gasteiger partial charge on any atom is -0.126 e. The minimum absolute atomic E-state index is 0.0931. The predicted molar refractivity (Wildman–Crippen MR) is 69.3 cm³/mol. The molecule has 0 aliphatic heterocycles. The molecule has 1 unspecified atom stereocenters. The highest BCUT2D eigenvalue weighted by atomic mass is 35.5. The van der Waals surface area contributed by atoms with Gasteiger partial charge in [0, 0.05) is 15.9 Å². The molecule has 0 aromatic heterocycles. The predicted octanol–water partition coefficient (Wildman–Crippen LogP) is 5.19. The van der Waals surface area contributed by atoms with Gasteiger partial charge in [0.2, 0.25) is 0 Å². The van der Waals surface area contributed by atoms with Crippen LogP contribution in [0.4, 0.5) is 0 Å². The number of hydrogen-bond acceptors (Lipinski definition) is 0. The highest BCUT2D eigenvalue weighted by Crippen LogP contribution is 2.32. The van der Waals surface area contributed by atoms with Crippen LogP contribution in [0.2, 0.25) is 10.0 Å². The van der Waals surface area contributed by atoms with E-state index in [1.165, 1.54) is 0 Å². The van der Waals surface area contributed by atoms with Gasteiger partial charge in [-0.25, -0.2) is 0 Å². The van der Waals surface area contributed by atoms with E-state index in [9.17, 15) is 0 Å². The summed E-state index contributed by atoms with van der Waals surface area (Å²) in [5, 5.41) is 1.49. The van der Waals surface area contributed by atoms with Crippen molar-refractivity contribution in [3.05, 3.63) is 33.8 Å². The summed E-state index contributed by atoms with van der Waals surface area (Å²) in [7, 11) is 0. The summed E-state index contributed by atoms with van der Waals surface area (Å²) in [5.74, 6) is 0.631. The van der Waals surface area contributed by atoms with Crippen molar-refractivity contribution in [2.45, 2.75) is 26.7 Å². The van der Waals surface area contributed by atoms with Gasteiger partial charge in [-0.2, -0.15) is 0 Å². The molecule has 0 N–H and O–H groups in total. The molecule has 1 rings (SSSR count). The lowest BCUT2D eigenvalue weighted by atomic mass is 9.83. The molecular weight excluding hydrogens is 250 g/mol. The summed E-state index contributed by atoms with van der Waals surface area (Å²) in [5.41, 5.74) is 1.17. The van der Waals surface area contributed by atoms with Crippen LogP contribution in [-0.2, 0) is 6.42 Å². The topological polar surface area (TPSA) is 0 Å². The summed E-state index contributed by atoms with van der Waals surface area (Å²) in [6.07, 6.45) is 1.89. The Hall–Kier alpha value is 0.0900. The minimum atomic E-state index is 0.0931. The molecule has 0 bridgehead atoms. The number of halogens is 3. The Balaban J connectivity index is 2.92. The molecule has 0 aliphatic rings. The first-order valence-electron chi connectivity index (χ1n) is 5.00. The van der Waals surface area contributed by atoms with Crippen molar-refractivity contribution in [1.82, 2.24) is 0 Å². The van der Waals surface area contributed by atoms with E-state index in [0.717, 1.165) is 28.5 Å². The van der Waals surface area contributed by atoms with E-state index >= 15 is 0 Å². The van der Waals surface area contributed by atoms with Crippen molar-refractivity contribution in [2.24, 2.45) is 5.41 Å². The van der Waals surface area contributed by atoms with Crippen LogP contribution in [0, 0.1) is 5.41 Å². The average molecular weight is 266 g/mol. The van der Waals surface area contributed by atoms with Crippen molar-refractivity contribution in [3.63, 3.8) is 0 Å². The van der Waals surface area contributed by atoms with Gasteiger partial charge in [0.05, 0.1) is 0 Å². The SMILES string of the molecule is CCC(C)(CCl)Cc1cc(Cl)ccc1Cl. The summed E-state index contributed by atoms with van der Waals surface area (Å²) >= 11 is 18.0. The molecule has 0 saturated carbocycles. The fraction of sp³-hybridized carbons (Fsp3) is 0.500. The van der Waals surface area contributed by atoms with Crippen LogP contribution in [0.25, 0.3) is 0 Å². The molecule has 0 spiro atoms. The van der Waals surface area contributed by atoms with Gasteiger partial charge in [0.25, 0.3) is 0 Å². The second kappa shape index (κ2) is 5.43. The van der Waals surface area contributed by atoms with E-state index in [-0.39, 0.29) is 5.41 Å². The van der Waals surface area contributed by atoms with Crippen LogP contribution in [0.3, 0.4) is 0 Å². The summed E-state index contributed by atoms with van der Waals surface area (Å²) < 4.78 is 0. The lowest BCUT2D eigenvalue weighted by Gasteiger charge is -2.26. The van der Waals surface area contributed by atoms with E-state index < -0.39 is 0 Å². The third-order valence-corrected chi connectivity index (χ3v) is 4.05. The molecule has 1 aromatic rings. The van der Waals surface area contributed by atoms with Crippen molar-refractivity contribution in [1.29, 1.82) is 0 Å². The standard InChI is InChI=1S/C12H15Cl3/c1-3-12(2,8-13)7-9-6-10(14)4-5-11(9)15/h4-6H,3,7-8H2,1-2H3. The van der Waals surface area contributed by atoms with Gasteiger partial charge in [-0.3, -0.25) is 0 Å². The third-order valence-electron chi connectivity index (χ3n) is 2.80. The summed E-state index contributed by atoms with van der Waals surface area (Å²) in [6, 6.07) is 5.56. The molecule has 0 saturated heterocycles. The fourth-order valence-corrected chi connectivity index (χ4v) is 2.07. The molecule has 0 amide bonds. The second-order valence-corrected chi connectivity index (χ2v) is 5.32. The van der Waals surface area contributed by atoms with Crippen LogP contribution < -0.4 is 0 Å². The molecule has 84 valence electrons. The maximum atomic E-state index is 6.11. The Morgan fingerprint density at radius 3 is 2.47 bits per heavy atom. The Kier molecular flexibility index (Phi) is 4.76. The van der Waals surface area contributed by atoms with Crippen LogP contribution in [0.5, 0.6) is 0 Å². The van der Waals surface area contributed by atoms with Crippen molar-refractivity contribution < 1.29 is 0 Å².